The van der Waals surface area contributed by atoms with Crippen LogP contribution in [0.1, 0.15) is 97.7 Å². The summed E-state index contributed by atoms with van der Waals surface area (Å²) in [4.78, 5) is 10.4. The van der Waals surface area contributed by atoms with Crippen molar-refractivity contribution in [2.75, 3.05) is 13.2 Å². The highest BCUT2D eigenvalue weighted by atomic mass is 16.5. The Bertz CT molecular complexity index is 1760. The Morgan fingerprint density at radius 2 is 1.44 bits per heavy atom. The van der Waals surface area contributed by atoms with Gasteiger partial charge in [-0.25, -0.2) is 14.6 Å². The second-order valence-corrected chi connectivity index (χ2v) is 15.0. The highest BCUT2D eigenvalue weighted by molar-refractivity contribution is 6.01. The molecule has 0 bridgehead atoms. The molecule has 2 atom stereocenters. The molecule has 48 heavy (non-hydrogen) atoms. The molecule has 0 amide bonds. The average molecular weight is 647 g/mol. The van der Waals surface area contributed by atoms with Gasteiger partial charge in [0, 0.05) is 40.9 Å². The van der Waals surface area contributed by atoms with E-state index in [1.54, 1.807) is 0 Å². The summed E-state index contributed by atoms with van der Waals surface area (Å²) in [5.74, 6) is 0. The minimum atomic E-state index is -0.298. The first-order valence-corrected chi connectivity index (χ1v) is 17.4. The number of pyridine rings is 2. The van der Waals surface area contributed by atoms with Crippen LogP contribution in [0.15, 0.2) is 72.8 Å². The zero-order valence-corrected chi connectivity index (χ0v) is 29.3. The minimum absolute atomic E-state index is 0.0934. The number of rotatable bonds is 8. The molecular formula is C40H50N6O2. The van der Waals surface area contributed by atoms with E-state index in [9.17, 15) is 0 Å². The maximum atomic E-state index is 8.80. The number of benzene rings is 1. The van der Waals surface area contributed by atoms with Crippen molar-refractivity contribution >= 4 is 11.4 Å². The van der Waals surface area contributed by atoms with Crippen molar-refractivity contribution in [3.63, 3.8) is 0 Å². The number of nitrogens with one attached hydrogen (secondary N) is 2. The van der Waals surface area contributed by atoms with Crippen molar-refractivity contribution in [1.29, 1.82) is 5.41 Å². The normalized spacial score (nSPS) is 19.2. The second kappa shape index (κ2) is 14.1. The lowest BCUT2D eigenvalue weighted by atomic mass is 9.89. The summed E-state index contributed by atoms with van der Waals surface area (Å²) in [5.41, 5.74) is 8.25. The maximum absolute atomic E-state index is 8.80. The van der Waals surface area contributed by atoms with Crippen LogP contribution in [0.4, 0.5) is 0 Å². The molecule has 2 N–H and O–H groups in total. The second-order valence-electron chi connectivity index (χ2n) is 15.0. The number of hydrogen-bond donors (Lipinski definition) is 2. The monoisotopic (exact) mass is 646 g/mol. The van der Waals surface area contributed by atoms with Gasteiger partial charge in [0.25, 0.3) is 0 Å². The van der Waals surface area contributed by atoms with Gasteiger partial charge in [-0.3, -0.25) is 0 Å². The highest BCUT2D eigenvalue weighted by Gasteiger charge is 2.27. The van der Waals surface area contributed by atoms with Crippen LogP contribution in [0.2, 0.25) is 0 Å². The molecule has 5 heterocycles. The zero-order chi connectivity index (χ0) is 33.9. The summed E-state index contributed by atoms with van der Waals surface area (Å²) < 4.78 is 14.3. The van der Waals surface area contributed by atoms with Gasteiger partial charge in [-0.1, -0.05) is 77.9 Å². The van der Waals surface area contributed by atoms with E-state index >= 15 is 0 Å². The molecule has 0 saturated carbocycles. The Balaban J connectivity index is 1.38. The first kappa shape index (κ1) is 33.7. The first-order valence-electron chi connectivity index (χ1n) is 17.4. The van der Waals surface area contributed by atoms with E-state index < -0.39 is 0 Å². The van der Waals surface area contributed by atoms with Crippen LogP contribution in [0, 0.1) is 10.8 Å². The predicted molar refractivity (Wildman–Crippen MR) is 194 cm³/mol. The molecule has 2 aliphatic rings. The molecule has 4 aromatic rings. The van der Waals surface area contributed by atoms with Crippen LogP contribution < -0.4 is 5.32 Å². The summed E-state index contributed by atoms with van der Waals surface area (Å²) in [5, 5.41) is 17.4. The molecule has 2 unspecified atom stereocenters. The fourth-order valence-electron chi connectivity index (χ4n) is 6.06. The van der Waals surface area contributed by atoms with E-state index in [1.807, 2.05) is 36.4 Å². The van der Waals surface area contributed by atoms with Gasteiger partial charge in [-0.15, -0.1) is 0 Å². The van der Waals surface area contributed by atoms with Gasteiger partial charge >= 0.3 is 0 Å². The third-order valence-corrected chi connectivity index (χ3v) is 9.04. The molecule has 0 aliphatic carbocycles. The average Bonchev–Trinajstić information content (AvgIpc) is 3.55. The van der Waals surface area contributed by atoms with Crippen LogP contribution in [-0.2, 0) is 14.9 Å². The fourth-order valence-corrected chi connectivity index (χ4v) is 6.06. The topological polar surface area (TPSA) is 97.9 Å². The Labute approximate surface area is 285 Å². The summed E-state index contributed by atoms with van der Waals surface area (Å²) in [6.45, 7) is 14.2. The standard InChI is InChI=1S/C40H50N6O2/c1-39(2,3)35(41)25-33(44-37-21-9-11-23-47-37)31-19-13-17-29(42-31)27-15-7-8-16-28(27)30-18-14-20-32(43-30)34-26-36(40(4,5)6)45-46(34)38-22-10-12-24-48-38/h7-8,13-20,25-26,37-38,41,44H,9-12,21-24H2,1-6H3/b33-25-,41-35?. The van der Waals surface area contributed by atoms with Gasteiger partial charge in [0.05, 0.1) is 39.9 Å². The number of allylic oxidation sites excluding steroid dienone is 1. The summed E-state index contributed by atoms with van der Waals surface area (Å²) in [7, 11) is 0. The minimum Gasteiger partial charge on any atom is -0.359 e. The molecule has 1 aromatic carbocycles. The lowest BCUT2D eigenvalue weighted by Gasteiger charge is -2.27. The van der Waals surface area contributed by atoms with Gasteiger partial charge in [-0.05, 0) is 74.9 Å². The molecule has 3 aromatic heterocycles. The van der Waals surface area contributed by atoms with E-state index in [4.69, 9.17) is 29.9 Å². The Morgan fingerprint density at radius 1 is 0.792 bits per heavy atom. The van der Waals surface area contributed by atoms with Gasteiger partial charge in [0.1, 0.15) is 6.23 Å². The van der Waals surface area contributed by atoms with Crippen molar-refractivity contribution in [2.24, 2.45) is 5.41 Å². The fraction of sp³-hybridized carbons (Fsp3) is 0.450. The lowest BCUT2D eigenvalue weighted by molar-refractivity contribution is -0.0387. The van der Waals surface area contributed by atoms with Gasteiger partial charge in [0.15, 0.2) is 6.23 Å². The largest absolute Gasteiger partial charge is 0.359 e. The van der Waals surface area contributed by atoms with Crippen LogP contribution in [0.3, 0.4) is 0 Å². The molecule has 8 heteroatoms. The van der Waals surface area contributed by atoms with Crippen molar-refractivity contribution < 1.29 is 9.47 Å². The third kappa shape index (κ3) is 7.77. The maximum Gasteiger partial charge on any atom is 0.150 e. The Hall–Kier alpha value is -4.14. The van der Waals surface area contributed by atoms with Crippen molar-refractivity contribution in [1.82, 2.24) is 25.1 Å². The summed E-state index contributed by atoms with van der Waals surface area (Å²) >= 11 is 0. The molecule has 2 saturated heterocycles. The van der Waals surface area contributed by atoms with Crippen molar-refractivity contribution in [3.05, 3.63) is 84.2 Å². The lowest BCUT2D eigenvalue weighted by Crippen LogP contribution is -2.34. The molecule has 0 radical (unpaired) electrons. The molecule has 8 nitrogen and oxygen atoms in total. The predicted octanol–water partition coefficient (Wildman–Crippen LogP) is 9.19. The molecule has 2 aliphatic heterocycles. The van der Waals surface area contributed by atoms with Gasteiger partial charge in [0.2, 0.25) is 0 Å². The van der Waals surface area contributed by atoms with Gasteiger partial charge < -0.3 is 20.2 Å². The molecule has 0 spiro atoms. The first-order chi connectivity index (χ1) is 23.0. The quantitative estimate of drug-likeness (QED) is 0.185. The Kier molecular flexibility index (Phi) is 9.95. The molecule has 2 fully saturated rings. The third-order valence-electron chi connectivity index (χ3n) is 9.04. The van der Waals surface area contributed by atoms with Crippen molar-refractivity contribution in [3.8, 4) is 33.9 Å². The number of ether oxygens (including phenoxy) is 2. The zero-order valence-electron chi connectivity index (χ0n) is 29.3. The van der Waals surface area contributed by atoms with Crippen LogP contribution in [-0.4, -0.2) is 44.9 Å². The number of nitrogens with zero attached hydrogens (tertiary/aromatic N) is 4. The summed E-state index contributed by atoms with van der Waals surface area (Å²) in [6.07, 6.45) is 7.97. The number of aromatic nitrogens is 4. The van der Waals surface area contributed by atoms with E-state index in [0.717, 1.165) is 103 Å². The molecule has 6 rings (SSSR count). The SMILES string of the molecule is CC(C)(C)C(=N)/C=C(\NC1CCCCO1)c1cccc(-c2ccccc2-c2cccc(-c3cc(C(C)(C)C)nn3C3CCCCO3)n2)n1. The van der Waals surface area contributed by atoms with Crippen LogP contribution in [0.25, 0.3) is 39.6 Å². The van der Waals surface area contributed by atoms with E-state index in [1.165, 1.54) is 0 Å². The van der Waals surface area contributed by atoms with Crippen LogP contribution in [0.5, 0.6) is 0 Å². The van der Waals surface area contributed by atoms with E-state index in [-0.39, 0.29) is 23.3 Å². The smallest absolute Gasteiger partial charge is 0.150 e. The highest BCUT2D eigenvalue weighted by Crippen LogP contribution is 2.35. The summed E-state index contributed by atoms with van der Waals surface area (Å²) in [6, 6.07) is 22.8. The van der Waals surface area contributed by atoms with Crippen molar-refractivity contribution in [2.45, 2.75) is 97.9 Å². The van der Waals surface area contributed by atoms with E-state index in [2.05, 4.69) is 87.9 Å². The number of hydrogen-bond acceptors (Lipinski definition) is 7. The molecular weight excluding hydrogens is 596 g/mol. The van der Waals surface area contributed by atoms with E-state index in [0.29, 0.717) is 5.71 Å². The van der Waals surface area contributed by atoms with Gasteiger partial charge in [-0.2, -0.15) is 5.10 Å². The van der Waals surface area contributed by atoms with Crippen LogP contribution >= 0.6 is 0 Å². The Morgan fingerprint density at radius 3 is 2.06 bits per heavy atom. The molecule has 252 valence electrons.